The summed E-state index contributed by atoms with van der Waals surface area (Å²) in [5.74, 6) is 1.73. The zero-order valence-electron chi connectivity index (χ0n) is 15.5. The third-order valence-corrected chi connectivity index (χ3v) is 6.42. The third-order valence-electron chi connectivity index (χ3n) is 5.63. The summed E-state index contributed by atoms with van der Waals surface area (Å²) < 4.78 is 5.70. The van der Waals surface area contributed by atoms with Crippen LogP contribution in [0.4, 0.5) is 5.13 Å². The van der Waals surface area contributed by atoms with E-state index in [0.29, 0.717) is 19.0 Å². The van der Waals surface area contributed by atoms with Crippen molar-refractivity contribution in [3.8, 4) is 0 Å². The zero-order chi connectivity index (χ0) is 17.9. The van der Waals surface area contributed by atoms with Crippen molar-refractivity contribution in [1.82, 2.24) is 20.0 Å². The van der Waals surface area contributed by atoms with Gasteiger partial charge in [0.15, 0.2) is 0 Å². The molecule has 8 heteroatoms. The Balaban J connectivity index is 1.21. The summed E-state index contributed by atoms with van der Waals surface area (Å²) in [7, 11) is 0. The smallest absolute Gasteiger partial charge is 0.248 e. The Bertz CT molecular complexity index is 612. The molecule has 3 fully saturated rings. The molecule has 0 aromatic carbocycles. The minimum Gasteiger partial charge on any atom is -0.365 e. The Hall–Kier alpha value is -1.25. The molecule has 1 N–H and O–H groups in total. The number of nitrogens with one attached hydrogen (secondary N) is 1. The van der Waals surface area contributed by atoms with Crippen LogP contribution in [0.5, 0.6) is 0 Å². The highest BCUT2D eigenvalue weighted by molar-refractivity contribution is 7.15. The molecule has 1 amide bonds. The lowest BCUT2D eigenvalue weighted by Gasteiger charge is -2.38. The molecule has 3 heterocycles. The first kappa shape index (κ1) is 18.1. The Labute approximate surface area is 159 Å². The first-order chi connectivity index (χ1) is 12.7. The van der Waals surface area contributed by atoms with Crippen LogP contribution in [0.15, 0.2) is 0 Å². The van der Waals surface area contributed by atoms with Crippen molar-refractivity contribution in [3.05, 3.63) is 5.01 Å². The third kappa shape index (κ3) is 4.92. The lowest BCUT2D eigenvalue weighted by atomic mass is 9.95. The molecule has 26 heavy (non-hydrogen) atoms. The molecule has 0 unspecified atom stereocenters. The van der Waals surface area contributed by atoms with Crippen molar-refractivity contribution in [2.45, 2.75) is 38.7 Å². The number of aromatic nitrogens is 2. The molecule has 144 valence electrons. The number of hydrogen-bond acceptors (Lipinski definition) is 7. The molecule has 1 atom stereocenters. The molecule has 1 aliphatic carbocycles. The van der Waals surface area contributed by atoms with Crippen LogP contribution < -0.4 is 5.32 Å². The number of hydrogen-bond donors (Lipinski definition) is 1. The Morgan fingerprint density at radius 3 is 2.62 bits per heavy atom. The van der Waals surface area contributed by atoms with Gasteiger partial charge in [0, 0.05) is 26.2 Å². The second-order valence-corrected chi connectivity index (χ2v) is 9.11. The number of anilines is 1. The number of aryl methyl sites for hydroxylation is 1. The summed E-state index contributed by atoms with van der Waals surface area (Å²) in [6.07, 6.45) is 5.30. The molecule has 2 saturated heterocycles. The van der Waals surface area contributed by atoms with Crippen LogP contribution in [0, 0.1) is 18.8 Å². The van der Waals surface area contributed by atoms with E-state index in [4.69, 9.17) is 4.74 Å². The van der Waals surface area contributed by atoms with Crippen LogP contribution in [0.2, 0.25) is 0 Å². The summed E-state index contributed by atoms with van der Waals surface area (Å²) in [5.41, 5.74) is 0. The minimum absolute atomic E-state index is 0.0202. The van der Waals surface area contributed by atoms with Gasteiger partial charge in [-0.25, -0.2) is 0 Å². The second kappa shape index (κ2) is 8.19. The number of morpholine rings is 1. The normalized spacial score (nSPS) is 25.7. The van der Waals surface area contributed by atoms with E-state index < -0.39 is 0 Å². The number of rotatable bonds is 7. The molecule has 1 aromatic rings. The van der Waals surface area contributed by atoms with Crippen LogP contribution in [-0.2, 0) is 9.53 Å². The number of carbonyl (C=O) groups excluding carboxylic acids is 1. The molecule has 2 aliphatic heterocycles. The van der Waals surface area contributed by atoms with Gasteiger partial charge in [-0.15, -0.1) is 10.2 Å². The SMILES string of the molecule is Cc1nnc(NC[C@@H]2CN(CC3CCN(CC4CC4)CC3)C(=O)CO2)s1. The Morgan fingerprint density at radius 1 is 1.15 bits per heavy atom. The van der Waals surface area contributed by atoms with Crippen LogP contribution in [0.3, 0.4) is 0 Å². The fourth-order valence-corrected chi connectivity index (χ4v) is 4.48. The van der Waals surface area contributed by atoms with E-state index in [0.717, 1.165) is 22.6 Å². The van der Waals surface area contributed by atoms with Gasteiger partial charge in [0.1, 0.15) is 11.6 Å². The maximum Gasteiger partial charge on any atom is 0.248 e. The van der Waals surface area contributed by atoms with Crippen molar-refractivity contribution in [3.63, 3.8) is 0 Å². The lowest BCUT2D eigenvalue weighted by Crippen LogP contribution is -2.51. The summed E-state index contributed by atoms with van der Waals surface area (Å²) >= 11 is 1.54. The second-order valence-electron chi connectivity index (χ2n) is 7.93. The van der Waals surface area contributed by atoms with E-state index in [9.17, 15) is 4.79 Å². The minimum atomic E-state index is 0.0202. The lowest BCUT2D eigenvalue weighted by molar-refractivity contribution is -0.149. The first-order valence-electron chi connectivity index (χ1n) is 9.81. The predicted molar refractivity (Wildman–Crippen MR) is 101 cm³/mol. The van der Waals surface area contributed by atoms with Gasteiger partial charge in [-0.2, -0.15) is 0 Å². The van der Waals surface area contributed by atoms with Gasteiger partial charge in [0.25, 0.3) is 0 Å². The highest BCUT2D eigenvalue weighted by atomic mass is 32.1. The molecule has 1 saturated carbocycles. The van der Waals surface area contributed by atoms with E-state index in [1.807, 2.05) is 11.8 Å². The van der Waals surface area contributed by atoms with Crippen LogP contribution in [0.1, 0.15) is 30.7 Å². The largest absolute Gasteiger partial charge is 0.365 e. The fraction of sp³-hybridized carbons (Fsp3) is 0.833. The van der Waals surface area contributed by atoms with Crippen LogP contribution in [-0.4, -0.2) is 77.9 Å². The Morgan fingerprint density at radius 2 is 1.92 bits per heavy atom. The number of nitrogens with zero attached hydrogens (tertiary/aromatic N) is 4. The molecule has 0 bridgehead atoms. The first-order valence-corrected chi connectivity index (χ1v) is 10.6. The van der Waals surface area contributed by atoms with E-state index in [2.05, 4.69) is 20.4 Å². The van der Waals surface area contributed by atoms with E-state index in [1.54, 1.807) is 11.3 Å². The van der Waals surface area contributed by atoms with Crippen molar-refractivity contribution in [1.29, 1.82) is 0 Å². The predicted octanol–water partition coefficient (Wildman–Crippen LogP) is 1.61. The summed E-state index contributed by atoms with van der Waals surface area (Å²) in [5, 5.41) is 13.1. The maximum atomic E-state index is 12.3. The topological polar surface area (TPSA) is 70.6 Å². The molecule has 3 aliphatic rings. The molecular weight excluding hydrogens is 350 g/mol. The maximum absolute atomic E-state index is 12.3. The average Bonchev–Trinajstić information content (AvgIpc) is 3.36. The number of likely N-dealkylation sites (tertiary alicyclic amines) is 1. The monoisotopic (exact) mass is 379 g/mol. The van der Waals surface area contributed by atoms with Gasteiger partial charge >= 0.3 is 0 Å². The van der Waals surface area contributed by atoms with E-state index in [-0.39, 0.29) is 18.6 Å². The molecular formula is C18H29N5O2S. The van der Waals surface area contributed by atoms with Gasteiger partial charge in [-0.05, 0) is 57.5 Å². The number of piperidine rings is 1. The molecule has 0 spiro atoms. The van der Waals surface area contributed by atoms with Crippen molar-refractivity contribution >= 4 is 22.4 Å². The van der Waals surface area contributed by atoms with Gasteiger partial charge in [0.05, 0.1) is 6.10 Å². The quantitative estimate of drug-likeness (QED) is 0.776. The van der Waals surface area contributed by atoms with E-state index in [1.165, 1.54) is 45.3 Å². The Kier molecular flexibility index (Phi) is 5.71. The van der Waals surface area contributed by atoms with Crippen molar-refractivity contribution in [2.75, 3.05) is 51.2 Å². The molecule has 4 rings (SSSR count). The van der Waals surface area contributed by atoms with Crippen molar-refractivity contribution < 1.29 is 9.53 Å². The summed E-state index contributed by atoms with van der Waals surface area (Å²) in [6, 6.07) is 0. The summed E-state index contributed by atoms with van der Waals surface area (Å²) in [6.45, 7) is 8.04. The average molecular weight is 380 g/mol. The van der Waals surface area contributed by atoms with E-state index >= 15 is 0 Å². The van der Waals surface area contributed by atoms with Gasteiger partial charge < -0.3 is 19.9 Å². The zero-order valence-corrected chi connectivity index (χ0v) is 16.3. The fourth-order valence-electron chi connectivity index (χ4n) is 3.88. The summed E-state index contributed by atoms with van der Waals surface area (Å²) in [4.78, 5) is 16.9. The molecule has 1 aromatic heterocycles. The van der Waals surface area contributed by atoms with Crippen LogP contribution in [0.25, 0.3) is 0 Å². The van der Waals surface area contributed by atoms with Crippen LogP contribution >= 0.6 is 11.3 Å². The molecule has 7 nitrogen and oxygen atoms in total. The number of carbonyl (C=O) groups is 1. The van der Waals surface area contributed by atoms with Gasteiger partial charge in [-0.3, -0.25) is 4.79 Å². The van der Waals surface area contributed by atoms with Gasteiger partial charge in [0.2, 0.25) is 11.0 Å². The van der Waals surface area contributed by atoms with Gasteiger partial charge in [-0.1, -0.05) is 11.3 Å². The van der Waals surface area contributed by atoms with Crippen molar-refractivity contribution in [2.24, 2.45) is 11.8 Å². The number of amides is 1. The standard InChI is InChI=1S/C18H29N5O2S/c1-13-20-21-18(26-13)19-8-16-11-23(17(24)12-25-16)10-15-4-6-22(7-5-15)9-14-2-3-14/h14-16H,2-12H2,1H3,(H,19,21)/t16-/m1/s1. The highest BCUT2D eigenvalue weighted by Crippen LogP contribution is 2.31. The molecule has 0 radical (unpaired) electrons. The number of ether oxygens (including phenoxy) is 1. The highest BCUT2D eigenvalue weighted by Gasteiger charge is 2.31.